The van der Waals surface area contributed by atoms with E-state index < -0.39 is 11.7 Å². The number of imidazole rings is 1. The Morgan fingerprint density at radius 1 is 1.12 bits per heavy atom. The summed E-state index contributed by atoms with van der Waals surface area (Å²) in [5.41, 5.74) is 6.91. The van der Waals surface area contributed by atoms with E-state index in [2.05, 4.69) is 4.98 Å². The van der Waals surface area contributed by atoms with Gasteiger partial charge < -0.3 is 10.3 Å². The first kappa shape index (κ1) is 18.1. The van der Waals surface area contributed by atoms with E-state index in [-0.39, 0.29) is 12.0 Å². The van der Waals surface area contributed by atoms with E-state index in [1.54, 1.807) is 18.5 Å². The summed E-state index contributed by atoms with van der Waals surface area (Å²) < 4.78 is 41.4. The molecule has 0 aliphatic carbocycles. The number of thiocarbonyl (C=S) groups is 1. The van der Waals surface area contributed by atoms with Crippen LogP contribution in [0.25, 0.3) is 0 Å². The van der Waals surface area contributed by atoms with Crippen molar-refractivity contribution in [1.29, 1.82) is 0 Å². The van der Waals surface area contributed by atoms with Crippen molar-refractivity contribution in [3.05, 3.63) is 89.0 Å². The Morgan fingerprint density at radius 2 is 1.88 bits per heavy atom. The Hall–Kier alpha value is -2.67. The van der Waals surface area contributed by atoms with Crippen LogP contribution >= 0.6 is 12.2 Å². The SMILES string of the molecule is NC(=S)c1cccc(Cn2ccnc2Cc2ccccc2C(F)(F)F)c1. The second kappa shape index (κ2) is 7.29. The summed E-state index contributed by atoms with van der Waals surface area (Å²) in [7, 11) is 0. The number of halogens is 3. The molecular weight excluding hydrogens is 359 g/mol. The van der Waals surface area contributed by atoms with Crippen molar-refractivity contribution in [1.82, 2.24) is 9.55 Å². The molecule has 0 saturated carbocycles. The number of aromatic nitrogens is 2. The minimum atomic E-state index is -4.39. The van der Waals surface area contributed by atoms with Crippen molar-refractivity contribution < 1.29 is 13.2 Å². The Kier molecular flexibility index (Phi) is 5.08. The number of benzene rings is 2. The Balaban J connectivity index is 1.87. The van der Waals surface area contributed by atoms with Crippen molar-refractivity contribution in [3.63, 3.8) is 0 Å². The monoisotopic (exact) mass is 375 g/mol. The van der Waals surface area contributed by atoms with E-state index in [9.17, 15) is 13.2 Å². The summed E-state index contributed by atoms with van der Waals surface area (Å²) in [6.07, 6.45) is -0.960. The lowest BCUT2D eigenvalue weighted by Gasteiger charge is -2.14. The van der Waals surface area contributed by atoms with Crippen molar-refractivity contribution in [2.75, 3.05) is 0 Å². The van der Waals surface area contributed by atoms with Crippen molar-refractivity contribution in [2.24, 2.45) is 5.73 Å². The summed E-state index contributed by atoms with van der Waals surface area (Å²) in [4.78, 5) is 4.54. The second-order valence-corrected chi connectivity index (χ2v) is 6.31. The third kappa shape index (κ3) is 4.11. The minimum absolute atomic E-state index is 0.0949. The largest absolute Gasteiger partial charge is 0.416 e. The molecule has 7 heteroatoms. The predicted molar refractivity (Wildman–Crippen MR) is 97.9 cm³/mol. The van der Waals surface area contributed by atoms with Gasteiger partial charge in [-0.25, -0.2) is 4.98 Å². The van der Waals surface area contributed by atoms with Crippen LogP contribution in [-0.4, -0.2) is 14.5 Å². The summed E-state index contributed by atoms with van der Waals surface area (Å²) in [6.45, 7) is 0.472. The highest BCUT2D eigenvalue weighted by atomic mass is 32.1. The molecule has 2 aromatic carbocycles. The van der Waals surface area contributed by atoms with Crippen LogP contribution in [0.4, 0.5) is 13.2 Å². The van der Waals surface area contributed by atoms with Crippen LogP contribution in [0.5, 0.6) is 0 Å². The molecular formula is C19H16F3N3S. The average molecular weight is 375 g/mol. The average Bonchev–Trinajstić information content (AvgIpc) is 3.01. The molecule has 3 rings (SSSR count). The minimum Gasteiger partial charge on any atom is -0.389 e. The van der Waals surface area contributed by atoms with E-state index in [1.165, 1.54) is 12.1 Å². The van der Waals surface area contributed by atoms with Crippen molar-refractivity contribution in [3.8, 4) is 0 Å². The lowest BCUT2D eigenvalue weighted by molar-refractivity contribution is -0.138. The molecule has 134 valence electrons. The lowest BCUT2D eigenvalue weighted by atomic mass is 10.0. The molecule has 3 aromatic rings. The van der Waals surface area contributed by atoms with Crippen LogP contribution < -0.4 is 5.73 Å². The fourth-order valence-corrected chi connectivity index (χ4v) is 2.92. The molecule has 3 nitrogen and oxygen atoms in total. The zero-order valence-electron chi connectivity index (χ0n) is 13.7. The molecule has 0 aliphatic rings. The molecule has 0 fully saturated rings. The smallest absolute Gasteiger partial charge is 0.389 e. The fraction of sp³-hybridized carbons (Fsp3) is 0.158. The molecule has 0 spiro atoms. The molecule has 1 aromatic heterocycles. The highest BCUT2D eigenvalue weighted by molar-refractivity contribution is 7.80. The molecule has 0 atom stereocenters. The number of alkyl halides is 3. The van der Waals surface area contributed by atoms with Gasteiger partial charge in [0, 0.05) is 30.9 Å². The first-order valence-electron chi connectivity index (χ1n) is 7.88. The Labute approximate surface area is 154 Å². The molecule has 0 saturated heterocycles. The van der Waals surface area contributed by atoms with Gasteiger partial charge in [-0.2, -0.15) is 13.2 Å². The van der Waals surface area contributed by atoms with E-state index >= 15 is 0 Å². The standard InChI is InChI=1S/C19H16F3N3S/c20-19(21,22)16-7-2-1-5-14(16)11-17-24-8-9-25(17)12-13-4-3-6-15(10-13)18(23)26/h1-10H,11-12H2,(H2,23,26). The maximum absolute atomic E-state index is 13.2. The van der Waals surface area contributed by atoms with E-state index in [0.29, 0.717) is 17.4 Å². The van der Waals surface area contributed by atoms with E-state index in [4.69, 9.17) is 18.0 Å². The molecule has 1 heterocycles. The molecule has 2 N–H and O–H groups in total. The van der Waals surface area contributed by atoms with Crippen LogP contribution in [0.1, 0.15) is 28.1 Å². The molecule has 0 bridgehead atoms. The van der Waals surface area contributed by atoms with Gasteiger partial charge in [0.1, 0.15) is 10.8 Å². The maximum Gasteiger partial charge on any atom is 0.416 e. The van der Waals surface area contributed by atoms with Gasteiger partial charge in [-0.3, -0.25) is 0 Å². The van der Waals surface area contributed by atoms with Gasteiger partial charge in [0.15, 0.2) is 0 Å². The fourth-order valence-electron chi connectivity index (χ4n) is 2.79. The predicted octanol–water partition coefficient (Wildman–Crippen LogP) is 4.18. The lowest BCUT2D eigenvalue weighted by Crippen LogP contribution is -2.12. The molecule has 0 aliphatic heterocycles. The molecule has 0 amide bonds. The number of nitrogens with two attached hydrogens (primary N) is 1. The van der Waals surface area contributed by atoms with Crippen LogP contribution in [0.3, 0.4) is 0 Å². The Bertz CT molecular complexity index is 932. The number of hydrogen-bond acceptors (Lipinski definition) is 2. The first-order valence-corrected chi connectivity index (χ1v) is 8.29. The summed E-state index contributed by atoms with van der Waals surface area (Å²) in [5.74, 6) is 0.558. The van der Waals surface area contributed by atoms with Crippen molar-refractivity contribution >= 4 is 17.2 Å². The zero-order valence-corrected chi connectivity index (χ0v) is 14.5. The van der Waals surface area contributed by atoms with Gasteiger partial charge in [-0.1, -0.05) is 48.6 Å². The third-order valence-electron chi connectivity index (χ3n) is 4.04. The van der Waals surface area contributed by atoms with Crippen LogP contribution in [-0.2, 0) is 19.1 Å². The number of rotatable bonds is 5. The number of hydrogen-bond donors (Lipinski definition) is 1. The summed E-state index contributed by atoms with van der Waals surface area (Å²) >= 11 is 4.98. The maximum atomic E-state index is 13.2. The quantitative estimate of drug-likeness (QED) is 0.681. The van der Waals surface area contributed by atoms with Gasteiger partial charge >= 0.3 is 6.18 Å². The van der Waals surface area contributed by atoms with Gasteiger partial charge in [-0.05, 0) is 23.3 Å². The van der Waals surface area contributed by atoms with Crippen LogP contribution in [0.2, 0.25) is 0 Å². The van der Waals surface area contributed by atoms with Gasteiger partial charge in [0.05, 0.1) is 5.56 Å². The Morgan fingerprint density at radius 3 is 2.62 bits per heavy atom. The second-order valence-electron chi connectivity index (χ2n) is 5.87. The van der Waals surface area contributed by atoms with Crippen molar-refractivity contribution in [2.45, 2.75) is 19.1 Å². The van der Waals surface area contributed by atoms with Gasteiger partial charge in [-0.15, -0.1) is 0 Å². The normalized spacial score (nSPS) is 11.5. The van der Waals surface area contributed by atoms with Gasteiger partial charge in [0.2, 0.25) is 0 Å². The van der Waals surface area contributed by atoms with E-state index in [1.807, 2.05) is 28.8 Å². The summed E-state index contributed by atoms with van der Waals surface area (Å²) in [6, 6.07) is 13.0. The summed E-state index contributed by atoms with van der Waals surface area (Å²) in [5, 5.41) is 0. The highest BCUT2D eigenvalue weighted by Crippen LogP contribution is 2.32. The number of nitrogens with zero attached hydrogens (tertiary/aromatic N) is 2. The molecule has 0 radical (unpaired) electrons. The van der Waals surface area contributed by atoms with E-state index in [0.717, 1.165) is 17.2 Å². The van der Waals surface area contributed by atoms with Crippen LogP contribution in [0, 0.1) is 0 Å². The zero-order chi connectivity index (χ0) is 18.7. The highest BCUT2D eigenvalue weighted by Gasteiger charge is 2.33. The molecule has 0 unspecified atom stereocenters. The van der Waals surface area contributed by atoms with Gasteiger partial charge in [0.25, 0.3) is 0 Å². The molecule has 26 heavy (non-hydrogen) atoms. The topological polar surface area (TPSA) is 43.8 Å². The van der Waals surface area contributed by atoms with Crippen LogP contribution in [0.15, 0.2) is 60.9 Å². The first-order chi connectivity index (χ1) is 12.3. The third-order valence-corrected chi connectivity index (χ3v) is 4.27.